The van der Waals surface area contributed by atoms with E-state index in [1.807, 2.05) is 160 Å². The molecule has 8 atom stereocenters. The fourth-order valence-electron chi connectivity index (χ4n) is 14.7. The fourth-order valence-corrected chi connectivity index (χ4v) is 14.7. The van der Waals surface area contributed by atoms with Crippen LogP contribution in [-0.4, -0.2) is 196 Å². The van der Waals surface area contributed by atoms with Crippen LogP contribution in [0.4, 0.5) is 4.79 Å². The summed E-state index contributed by atoms with van der Waals surface area (Å²) in [6.07, 6.45) is -6.52. The number of benzene rings is 6. The molecule has 7 rings (SSSR count). The van der Waals surface area contributed by atoms with Crippen molar-refractivity contribution in [2.24, 2.45) is 5.92 Å². The second kappa shape index (κ2) is 48.7. The highest BCUT2D eigenvalue weighted by Gasteiger charge is 2.42. The Kier molecular flexibility index (Phi) is 39.1. The molecule has 0 spiro atoms. The lowest BCUT2D eigenvalue weighted by molar-refractivity contribution is -0.157. The van der Waals surface area contributed by atoms with E-state index in [9.17, 15) is 57.8 Å². The third-order valence-electron chi connectivity index (χ3n) is 20.4. The molecule has 6 aromatic carbocycles. The minimum atomic E-state index is -2.00. The molecule has 12 N–H and O–H groups in total. The maximum Gasteiger partial charge on any atom is 0.407 e. The standard InChI is InChI=1S/C100H131N11O23/c1-60(2)54-76(110-94(128)129-59-71-69-40-30-28-38-67(69)68-39-29-31-41-70(68)71)93(127)107-73(46-50-79(112)111-100(63-32-22-19-23-33-63,64-34-24-20-25-35-64)65-36-26-21-27-37-65)89(123)105-74(48-52-83(117)132-97(10,11)12)90(124)106-75(49-53-84(118)133-98(13,14)15)91(125)109-78(56-85(119)134-99(16,17)18)92(126)103-61(3)86(120)101-57-80(113)104-72(47-51-82(116)131-96(7,8)9)88(122)108-77(87(121)102-58-81(114)115)55-62-42-44-66(45-43-62)130-95(4,5)6/h19-45,60-61,71-78H,46-59H2,1-18H3,(H,101,120)(H,102,121)(H,103,126)(H,104,113)(H,105,123)(H,106,124)(H,107,127)(H,108,122)(H,109,125)(H,110,128)(H,111,112)(H,114,115)/t61-,72-,73-,74-,75-,76-,77-,78-/m0/s1. The van der Waals surface area contributed by atoms with Gasteiger partial charge in [-0.05, 0) is 205 Å². The number of alkyl carbamates (subject to hydrolysis) is 1. The SMILES string of the molecule is CC(C)C[C@H](NC(=O)OCC1c2ccccc2-c2ccccc21)C(=O)N[C@@H](CCC(=O)NC(c1ccccc1)(c1ccccc1)c1ccccc1)C(=O)N[C@@H](CCC(=O)OC(C)(C)C)C(=O)N[C@@H](CCC(=O)OC(C)(C)C)C(=O)N[C@@H](CC(=O)OC(C)(C)C)C(=O)N[C@@H](C)C(=O)NCC(=O)N[C@@H](CCC(=O)OC(C)(C)C)C(=O)N[C@@H](Cc1ccc(OC(C)(C)C)cc1)C(=O)NCC(=O)O. The molecule has 0 aromatic heterocycles. The predicted molar refractivity (Wildman–Crippen MR) is 497 cm³/mol. The molecule has 1 aliphatic rings. The van der Waals surface area contributed by atoms with Crippen molar-refractivity contribution in [1.29, 1.82) is 0 Å². The van der Waals surface area contributed by atoms with Gasteiger partial charge in [0.25, 0.3) is 0 Å². The number of aliphatic carboxylic acids is 1. The van der Waals surface area contributed by atoms with Crippen molar-refractivity contribution < 1.29 is 110 Å². The minimum Gasteiger partial charge on any atom is -0.488 e. The Morgan fingerprint density at radius 2 is 0.716 bits per heavy atom. The van der Waals surface area contributed by atoms with Gasteiger partial charge in [0, 0.05) is 38.0 Å². The van der Waals surface area contributed by atoms with Crippen molar-refractivity contribution in [3.05, 3.63) is 197 Å². The van der Waals surface area contributed by atoms with Crippen molar-refractivity contribution in [2.45, 2.75) is 283 Å². The molecule has 11 amide bonds. The monoisotopic (exact) mass is 1850 g/mol. The number of carboxylic acid groups (broad SMARTS) is 1. The van der Waals surface area contributed by atoms with E-state index in [0.717, 1.165) is 29.2 Å². The van der Waals surface area contributed by atoms with Crippen molar-refractivity contribution in [3.8, 4) is 16.9 Å². The molecule has 0 unspecified atom stereocenters. The number of carboxylic acids is 1. The number of carbonyl (C=O) groups is 16. The van der Waals surface area contributed by atoms with Crippen LogP contribution >= 0.6 is 0 Å². The summed E-state index contributed by atoms with van der Waals surface area (Å²) >= 11 is 0. The van der Waals surface area contributed by atoms with Gasteiger partial charge >= 0.3 is 35.9 Å². The molecule has 0 fully saturated rings. The second-order valence-corrected chi connectivity index (χ2v) is 38.3. The first-order valence-electron chi connectivity index (χ1n) is 44.9. The Hall–Kier alpha value is -13.6. The fraction of sp³-hybridized carbons (Fsp3) is 0.480. The lowest BCUT2D eigenvalue weighted by atomic mass is 9.77. The van der Waals surface area contributed by atoms with Crippen LogP contribution in [0.25, 0.3) is 11.1 Å². The summed E-state index contributed by atoms with van der Waals surface area (Å²) in [4.78, 5) is 228. The van der Waals surface area contributed by atoms with Gasteiger partial charge in [-0.2, -0.15) is 0 Å². The van der Waals surface area contributed by atoms with Gasteiger partial charge in [-0.25, -0.2) is 4.79 Å². The summed E-state index contributed by atoms with van der Waals surface area (Å²) in [5, 5.41) is 37.7. The van der Waals surface area contributed by atoms with Gasteiger partial charge in [0.15, 0.2) is 0 Å². The summed E-state index contributed by atoms with van der Waals surface area (Å²) < 4.78 is 34.1. The first kappa shape index (κ1) is 107. The Bertz CT molecular complexity index is 4950. The van der Waals surface area contributed by atoms with E-state index in [2.05, 4.69) is 58.5 Å². The van der Waals surface area contributed by atoms with Crippen molar-refractivity contribution in [1.82, 2.24) is 58.5 Å². The van der Waals surface area contributed by atoms with E-state index in [-0.39, 0.29) is 31.3 Å². The smallest absolute Gasteiger partial charge is 0.407 e. The molecular formula is C100H131N11O23. The molecule has 0 heterocycles. The normalized spacial score (nSPS) is 13.9. The second-order valence-electron chi connectivity index (χ2n) is 38.3. The van der Waals surface area contributed by atoms with Gasteiger partial charge in [-0.3, -0.25) is 71.9 Å². The van der Waals surface area contributed by atoms with Crippen LogP contribution in [0.15, 0.2) is 164 Å². The number of esters is 4. The molecule has 1 aliphatic carbocycles. The average Bonchev–Trinajstić information content (AvgIpc) is 1.20. The van der Waals surface area contributed by atoms with Crippen LogP contribution < -0.4 is 63.2 Å². The van der Waals surface area contributed by atoms with E-state index in [1.165, 1.54) is 20.8 Å². The predicted octanol–water partition coefficient (Wildman–Crippen LogP) is 9.08. The van der Waals surface area contributed by atoms with Crippen LogP contribution in [-0.2, 0) is 108 Å². The van der Waals surface area contributed by atoms with Crippen LogP contribution in [0.2, 0.25) is 0 Å². The number of rotatable bonds is 45. The van der Waals surface area contributed by atoms with Gasteiger partial charge in [-0.15, -0.1) is 0 Å². The number of carbonyl (C=O) groups excluding carboxylic acids is 15. The Labute approximate surface area is 782 Å². The first-order valence-corrected chi connectivity index (χ1v) is 44.9. The summed E-state index contributed by atoms with van der Waals surface area (Å²) in [7, 11) is 0. The molecule has 34 nitrogen and oxygen atoms in total. The van der Waals surface area contributed by atoms with E-state index >= 15 is 24.0 Å². The molecule has 34 heteroatoms. The third-order valence-corrected chi connectivity index (χ3v) is 20.4. The van der Waals surface area contributed by atoms with Gasteiger partial charge in [0.1, 0.15) is 101 Å². The van der Waals surface area contributed by atoms with Crippen molar-refractivity contribution in [3.63, 3.8) is 0 Å². The third kappa shape index (κ3) is 35.9. The zero-order valence-corrected chi connectivity index (χ0v) is 79.7. The number of hydrogen-bond donors (Lipinski definition) is 12. The Morgan fingerprint density at radius 3 is 1.13 bits per heavy atom. The first-order chi connectivity index (χ1) is 62.7. The Morgan fingerprint density at radius 1 is 0.351 bits per heavy atom. The summed E-state index contributed by atoms with van der Waals surface area (Å²) in [5.74, 6) is -15.6. The molecule has 724 valence electrons. The average molecular weight is 1860 g/mol. The highest BCUT2D eigenvalue weighted by atomic mass is 16.6. The lowest BCUT2D eigenvalue weighted by Crippen LogP contribution is -2.60. The summed E-state index contributed by atoms with van der Waals surface area (Å²) in [6, 6.07) is 35.6. The topological polar surface area (TPSA) is 481 Å². The van der Waals surface area contributed by atoms with Crippen LogP contribution in [0.5, 0.6) is 5.75 Å². The Balaban J connectivity index is 1.19. The number of ether oxygens (including phenoxy) is 6. The number of amides is 11. The van der Waals surface area contributed by atoms with E-state index < -0.39 is 248 Å². The maximum absolute atomic E-state index is 15.7. The van der Waals surface area contributed by atoms with Gasteiger partial charge in [0.2, 0.25) is 59.1 Å². The lowest BCUT2D eigenvalue weighted by Gasteiger charge is -2.37. The van der Waals surface area contributed by atoms with Crippen LogP contribution in [0.1, 0.15) is 228 Å². The molecule has 134 heavy (non-hydrogen) atoms. The van der Waals surface area contributed by atoms with Gasteiger partial charge in [-0.1, -0.05) is 166 Å². The maximum atomic E-state index is 15.7. The van der Waals surface area contributed by atoms with Crippen molar-refractivity contribution >= 4 is 95.0 Å². The quantitative estimate of drug-likeness (QED) is 0.00962. The zero-order chi connectivity index (χ0) is 99.2. The molecule has 6 aromatic rings. The summed E-state index contributed by atoms with van der Waals surface area (Å²) in [5.41, 5.74) is -0.0758. The van der Waals surface area contributed by atoms with Crippen LogP contribution in [0.3, 0.4) is 0 Å². The molecule has 0 aliphatic heterocycles. The minimum absolute atomic E-state index is 0.0182. The van der Waals surface area contributed by atoms with Crippen LogP contribution in [0, 0.1) is 5.92 Å². The van der Waals surface area contributed by atoms with E-state index in [4.69, 9.17) is 28.4 Å². The van der Waals surface area contributed by atoms with Gasteiger partial charge < -0.3 is 92.0 Å². The zero-order valence-electron chi connectivity index (χ0n) is 79.7. The largest absolute Gasteiger partial charge is 0.488 e. The van der Waals surface area contributed by atoms with E-state index in [0.29, 0.717) is 28.0 Å². The highest BCUT2D eigenvalue weighted by Crippen LogP contribution is 2.45. The molecule has 0 bridgehead atoms. The number of fused-ring (bicyclic) bond motifs is 3. The summed E-state index contributed by atoms with van der Waals surface area (Å²) in [6.45, 7) is 27.3. The molecule has 0 saturated heterocycles. The highest BCUT2D eigenvalue weighted by molar-refractivity contribution is 6.00. The molecular weight excluding hydrogens is 1720 g/mol. The molecule has 0 radical (unpaired) electrons. The molecule has 0 saturated carbocycles. The van der Waals surface area contributed by atoms with Gasteiger partial charge in [0.05, 0.1) is 13.0 Å². The van der Waals surface area contributed by atoms with Crippen molar-refractivity contribution in [2.75, 3.05) is 19.7 Å². The number of hydrogen-bond acceptors (Lipinski definition) is 22. The number of nitrogens with one attached hydrogen (secondary N) is 11. The van der Waals surface area contributed by atoms with E-state index in [1.54, 1.807) is 100 Å².